The van der Waals surface area contributed by atoms with E-state index in [-0.39, 0.29) is 22.8 Å². The van der Waals surface area contributed by atoms with E-state index in [0.717, 1.165) is 36.8 Å². The number of fused-ring (bicyclic) bond motifs is 4. The minimum atomic E-state index is -0.391. The zero-order valence-corrected chi connectivity index (χ0v) is 24.6. The summed E-state index contributed by atoms with van der Waals surface area (Å²) in [6.45, 7) is 2.76. The minimum Gasteiger partial charge on any atom is -0.392 e. The summed E-state index contributed by atoms with van der Waals surface area (Å²) in [6, 6.07) is 5.28. The molecule has 43 heavy (non-hydrogen) atoms. The Balaban J connectivity index is 1.27. The van der Waals surface area contributed by atoms with Crippen molar-refractivity contribution >= 4 is 38.8 Å². The molecule has 6 heterocycles. The highest BCUT2D eigenvalue weighted by Gasteiger charge is 2.23. The lowest BCUT2D eigenvalue weighted by Gasteiger charge is -2.26. The molecule has 0 aromatic carbocycles. The van der Waals surface area contributed by atoms with Gasteiger partial charge in [-0.2, -0.15) is 14.9 Å². The number of aliphatic hydroxyl groups is 1. The predicted octanol–water partition coefficient (Wildman–Crippen LogP) is 2.88. The molecule has 0 saturated carbocycles. The molecule has 0 radical (unpaired) electrons. The molecule has 5 aromatic rings. The standard InChI is InChI=1S/C30H30N8O4S/c1-17(40)36-9-10-37-19(15-36)12-26(34-37)33-24-11-18(14-35(2)29(24)41)20-7-8-31-28(23(20)16-39)38-30(42)27-22(13-32-38)21-5-3-4-6-25(21)43-27/h7-8,11-14,39H,3-6,9-10,15-16H2,1-2H3,(H,33,34). The Morgan fingerprint density at radius 2 is 1.98 bits per heavy atom. The molecule has 12 nitrogen and oxygen atoms in total. The second-order valence-electron chi connectivity index (χ2n) is 11.0. The molecule has 1 amide bonds. The van der Waals surface area contributed by atoms with Crippen LogP contribution in [0.5, 0.6) is 0 Å². The molecular formula is C30H30N8O4S. The molecule has 13 heteroatoms. The maximum absolute atomic E-state index is 13.7. The van der Waals surface area contributed by atoms with Gasteiger partial charge in [-0.3, -0.25) is 19.1 Å². The van der Waals surface area contributed by atoms with E-state index in [9.17, 15) is 19.5 Å². The van der Waals surface area contributed by atoms with Crippen LogP contribution in [0.2, 0.25) is 0 Å². The molecular weight excluding hydrogens is 568 g/mol. The molecule has 7 rings (SSSR count). The second kappa shape index (κ2) is 10.6. The van der Waals surface area contributed by atoms with Gasteiger partial charge in [0.1, 0.15) is 10.4 Å². The lowest BCUT2D eigenvalue weighted by Crippen LogP contribution is -2.36. The summed E-state index contributed by atoms with van der Waals surface area (Å²) >= 11 is 1.53. The van der Waals surface area contributed by atoms with E-state index in [4.69, 9.17) is 0 Å². The zero-order valence-electron chi connectivity index (χ0n) is 23.8. The van der Waals surface area contributed by atoms with Crippen molar-refractivity contribution in [2.45, 2.75) is 52.3 Å². The minimum absolute atomic E-state index is 0.00632. The van der Waals surface area contributed by atoms with Crippen molar-refractivity contribution in [2.24, 2.45) is 7.05 Å². The van der Waals surface area contributed by atoms with E-state index >= 15 is 0 Å². The van der Waals surface area contributed by atoms with E-state index in [2.05, 4.69) is 20.5 Å². The van der Waals surface area contributed by atoms with Crippen LogP contribution in [-0.4, -0.2) is 51.6 Å². The lowest BCUT2D eigenvalue weighted by molar-refractivity contribution is -0.130. The quantitative estimate of drug-likeness (QED) is 0.315. The Hall–Kier alpha value is -4.62. The molecule has 5 aromatic heterocycles. The first-order valence-electron chi connectivity index (χ1n) is 14.2. The van der Waals surface area contributed by atoms with Crippen molar-refractivity contribution in [3.63, 3.8) is 0 Å². The number of pyridine rings is 2. The van der Waals surface area contributed by atoms with Gasteiger partial charge >= 0.3 is 0 Å². The molecule has 0 spiro atoms. The van der Waals surface area contributed by atoms with Crippen LogP contribution in [0, 0.1) is 0 Å². The summed E-state index contributed by atoms with van der Waals surface area (Å²) in [5.74, 6) is 0.750. The normalized spacial score (nSPS) is 14.5. The highest BCUT2D eigenvalue weighted by molar-refractivity contribution is 7.19. The second-order valence-corrected chi connectivity index (χ2v) is 12.1. The maximum atomic E-state index is 13.7. The van der Waals surface area contributed by atoms with E-state index in [1.807, 2.05) is 10.7 Å². The SMILES string of the molecule is CC(=O)N1CCn2nc(Nc3cc(-c4ccnc(-n5ncc6c7c(sc6c5=O)CCCC7)c4CO)cn(C)c3=O)cc2C1. The van der Waals surface area contributed by atoms with Gasteiger partial charge in [-0.25, -0.2) is 4.98 Å². The van der Waals surface area contributed by atoms with Gasteiger partial charge in [-0.05, 0) is 48.9 Å². The number of aryl methyl sites for hydroxylation is 3. The Morgan fingerprint density at radius 3 is 2.79 bits per heavy atom. The number of carbonyl (C=O) groups excluding carboxylic acids is 1. The fourth-order valence-corrected chi connectivity index (χ4v) is 7.36. The van der Waals surface area contributed by atoms with E-state index < -0.39 is 6.61 Å². The molecule has 0 atom stereocenters. The number of amides is 1. The molecule has 2 aliphatic rings. The van der Waals surface area contributed by atoms with Crippen LogP contribution in [0.3, 0.4) is 0 Å². The third kappa shape index (κ3) is 4.64. The third-order valence-electron chi connectivity index (χ3n) is 8.29. The van der Waals surface area contributed by atoms with Crippen LogP contribution >= 0.6 is 11.3 Å². The summed E-state index contributed by atoms with van der Waals surface area (Å²) in [6.07, 6.45) is 9.16. The topological polar surface area (TPSA) is 140 Å². The largest absolute Gasteiger partial charge is 0.392 e. The predicted molar refractivity (Wildman–Crippen MR) is 163 cm³/mol. The Labute approximate surface area is 249 Å². The van der Waals surface area contributed by atoms with Gasteiger partial charge < -0.3 is 19.9 Å². The summed E-state index contributed by atoms with van der Waals surface area (Å²) in [5.41, 5.74) is 3.56. The number of anilines is 2. The van der Waals surface area contributed by atoms with Crippen molar-refractivity contribution in [2.75, 3.05) is 11.9 Å². The number of hydrogen-bond donors (Lipinski definition) is 2. The van der Waals surface area contributed by atoms with Gasteiger partial charge in [0.25, 0.3) is 11.1 Å². The highest BCUT2D eigenvalue weighted by atomic mass is 32.1. The van der Waals surface area contributed by atoms with Crippen molar-refractivity contribution < 1.29 is 9.90 Å². The number of thiophene rings is 1. The van der Waals surface area contributed by atoms with Gasteiger partial charge in [-0.15, -0.1) is 11.3 Å². The fraction of sp³-hybridized carbons (Fsp3) is 0.333. The zero-order chi connectivity index (χ0) is 29.8. The summed E-state index contributed by atoms with van der Waals surface area (Å²) in [4.78, 5) is 46.1. The molecule has 1 aliphatic carbocycles. The van der Waals surface area contributed by atoms with E-state index in [0.29, 0.717) is 52.5 Å². The smallest absolute Gasteiger partial charge is 0.290 e. The molecule has 0 unspecified atom stereocenters. The summed E-state index contributed by atoms with van der Waals surface area (Å²) in [5, 5.41) is 23.7. The van der Waals surface area contributed by atoms with Gasteiger partial charge in [0.05, 0.1) is 31.6 Å². The van der Waals surface area contributed by atoms with Crippen LogP contribution in [0.4, 0.5) is 11.5 Å². The first kappa shape index (κ1) is 27.2. The van der Waals surface area contributed by atoms with Crippen molar-refractivity contribution in [3.8, 4) is 16.9 Å². The van der Waals surface area contributed by atoms with E-state index in [1.54, 1.807) is 49.6 Å². The fourth-order valence-electron chi connectivity index (χ4n) is 6.07. The van der Waals surface area contributed by atoms with Crippen molar-refractivity contribution in [1.82, 2.24) is 34.0 Å². The average Bonchev–Trinajstić information content (AvgIpc) is 3.60. The summed E-state index contributed by atoms with van der Waals surface area (Å²) < 4.78 is 5.21. The number of nitrogens with zero attached hydrogens (tertiary/aromatic N) is 7. The first-order chi connectivity index (χ1) is 20.8. The summed E-state index contributed by atoms with van der Waals surface area (Å²) in [7, 11) is 1.65. The van der Waals surface area contributed by atoms with Crippen molar-refractivity contribution in [3.05, 3.63) is 79.2 Å². The molecule has 220 valence electrons. The van der Waals surface area contributed by atoms with Gasteiger partial charge in [0.2, 0.25) is 5.91 Å². The number of carbonyl (C=O) groups is 1. The molecule has 2 N–H and O–H groups in total. The number of rotatable bonds is 5. The van der Waals surface area contributed by atoms with Crippen LogP contribution in [-0.2, 0) is 44.4 Å². The van der Waals surface area contributed by atoms with E-state index in [1.165, 1.54) is 31.0 Å². The monoisotopic (exact) mass is 598 g/mol. The molecule has 0 fully saturated rings. The Kier molecular flexibility index (Phi) is 6.70. The van der Waals surface area contributed by atoms with Gasteiger partial charge in [0.15, 0.2) is 11.6 Å². The number of nitrogens with one attached hydrogen (secondary N) is 1. The third-order valence-corrected chi connectivity index (χ3v) is 9.59. The van der Waals surface area contributed by atoms with Crippen LogP contribution < -0.4 is 16.4 Å². The number of aromatic nitrogens is 6. The van der Waals surface area contributed by atoms with Crippen LogP contribution in [0.15, 0.2) is 46.4 Å². The Morgan fingerprint density at radius 1 is 1.14 bits per heavy atom. The number of aliphatic hydroxyl groups excluding tert-OH is 1. The van der Waals surface area contributed by atoms with Gasteiger partial charge in [-0.1, -0.05) is 0 Å². The van der Waals surface area contributed by atoms with Crippen LogP contribution in [0.25, 0.3) is 27.0 Å². The van der Waals surface area contributed by atoms with Crippen LogP contribution in [0.1, 0.15) is 41.5 Å². The molecule has 0 saturated heterocycles. The Bertz CT molecular complexity index is 2040. The lowest BCUT2D eigenvalue weighted by atomic mass is 9.97. The average molecular weight is 599 g/mol. The highest BCUT2D eigenvalue weighted by Crippen LogP contribution is 2.35. The molecule has 0 bridgehead atoms. The van der Waals surface area contributed by atoms with Gasteiger partial charge in [0, 0.05) is 60.4 Å². The maximum Gasteiger partial charge on any atom is 0.290 e. The van der Waals surface area contributed by atoms with Crippen molar-refractivity contribution in [1.29, 1.82) is 0 Å². The molecule has 1 aliphatic heterocycles. The number of hydrogen-bond acceptors (Lipinski definition) is 9. The first-order valence-corrected chi connectivity index (χ1v) is 15.1.